The van der Waals surface area contributed by atoms with E-state index in [4.69, 9.17) is 5.11 Å². The van der Waals surface area contributed by atoms with E-state index in [1.807, 2.05) is 0 Å². The molecule has 3 nitrogen and oxygen atoms in total. The summed E-state index contributed by atoms with van der Waals surface area (Å²) in [6.07, 6.45) is 9.35. The van der Waals surface area contributed by atoms with Gasteiger partial charge in [-0.1, -0.05) is 46.0 Å². The van der Waals surface area contributed by atoms with Crippen LogP contribution < -0.4 is 5.32 Å². The van der Waals surface area contributed by atoms with Crippen LogP contribution in [0.5, 0.6) is 0 Å². The lowest BCUT2D eigenvalue weighted by Crippen LogP contribution is -2.65. The second-order valence-corrected chi connectivity index (χ2v) is 6.34. The second kappa shape index (κ2) is 8.93. The third kappa shape index (κ3) is 5.41. The van der Waals surface area contributed by atoms with Crippen LogP contribution >= 0.6 is 0 Å². The SMILES string of the molecule is CCCCCC(C)(CCCC)N1CC(NCCO)C1. The average Bonchev–Trinajstić information content (AvgIpc) is 2.35. The molecule has 0 aromatic heterocycles. The first kappa shape index (κ1) is 16.9. The van der Waals surface area contributed by atoms with Gasteiger partial charge in [-0.15, -0.1) is 0 Å². The van der Waals surface area contributed by atoms with E-state index in [1.54, 1.807) is 0 Å². The quantitative estimate of drug-likeness (QED) is 0.567. The highest BCUT2D eigenvalue weighted by atomic mass is 16.3. The lowest BCUT2D eigenvalue weighted by molar-refractivity contribution is -0.00166. The van der Waals surface area contributed by atoms with Crippen LogP contribution in [0, 0.1) is 0 Å². The Morgan fingerprint density at radius 1 is 1.11 bits per heavy atom. The van der Waals surface area contributed by atoms with Crippen LogP contribution in [-0.4, -0.2) is 47.8 Å². The number of likely N-dealkylation sites (tertiary alicyclic amines) is 1. The van der Waals surface area contributed by atoms with Gasteiger partial charge in [0.15, 0.2) is 0 Å². The van der Waals surface area contributed by atoms with E-state index in [0.717, 1.165) is 19.6 Å². The van der Waals surface area contributed by atoms with Crippen molar-refractivity contribution >= 4 is 0 Å². The molecule has 1 aliphatic heterocycles. The summed E-state index contributed by atoms with van der Waals surface area (Å²) >= 11 is 0. The number of nitrogens with one attached hydrogen (secondary N) is 1. The first-order chi connectivity index (χ1) is 9.16. The molecule has 1 aliphatic rings. The van der Waals surface area contributed by atoms with Crippen LogP contribution in [0.4, 0.5) is 0 Å². The topological polar surface area (TPSA) is 35.5 Å². The number of hydrogen-bond donors (Lipinski definition) is 2. The zero-order valence-electron chi connectivity index (χ0n) is 13.2. The Kier molecular flexibility index (Phi) is 7.96. The van der Waals surface area contributed by atoms with E-state index in [-0.39, 0.29) is 6.61 Å². The predicted molar refractivity (Wildman–Crippen MR) is 82.5 cm³/mol. The second-order valence-electron chi connectivity index (χ2n) is 6.34. The summed E-state index contributed by atoms with van der Waals surface area (Å²) in [5.74, 6) is 0. The summed E-state index contributed by atoms with van der Waals surface area (Å²) in [6, 6.07) is 0.597. The van der Waals surface area contributed by atoms with Crippen molar-refractivity contribution < 1.29 is 5.11 Å². The molecule has 0 spiro atoms. The first-order valence-corrected chi connectivity index (χ1v) is 8.25. The molecule has 1 fully saturated rings. The van der Waals surface area contributed by atoms with Crippen molar-refractivity contribution in [2.75, 3.05) is 26.2 Å². The van der Waals surface area contributed by atoms with Gasteiger partial charge in [-0.2, -0.15) is 0 Å². The summed E-state index contributed by atoms with van der Waals surface area (Å²) in [5.41, 5.74) is 0.405. The van der Waals surface area contributed by atoms with Gasteiger partial charge in [0.1, 0.15) is 0 Å². The maximum atomic E-state index is 8.84. The number of rotatable bonds is 11. The highest BCUT2D eigenvalue weighted by Crippen LogP contribution is 2.32. The van der Waals surface area contributed by atoms with Gasteiger partial charge in [-0.05, 0) is 19.8 Å². The van der Waals surface area contributed by atoms with E-state index >= 15 is 0 Å². The Hall–Kier alpha value is -0.120. The number of aliphatic hydroxyl groups excluding tert-OH is 1. The molecule has 1 atom stereocenters. The molecule has 1 unspecified atom stereocenters. The molecule has 0 radical (unpaired) electrons. The largest absolute Gasteiger partial charge is 0.395 e. The van der Waals surface area contributed by atoms with Crippen molar-refractivity contribution in [3.05, 3.63) is 0 Å². The Bertz CT molecular complexity index is 229. The van der Waals surface area contributed by atoms with Gasteiger partial charge in [-0.25, -0.2) is 0 Å². The molecule has 0 amide bonds. The van der Waals surface area contributed by atoms with E-state index in [9.17, 15) is 0 Å². The lowest BCUT2D eigenvalue weighted by atomic mass is 9.84. The molecule has 0 aliphatic carbocycles. The van der Waals surface area contributed by atoms with Crippen LogP contribution in [0.2, 0.25) is 0 Å². The fourth-order valence-electron chi connectivity index (χ4n) is 3.07. The molecule has 1 rings (SSSR count). The van der Waals surface area contributed by atoms with Gasteiger partial charge in [0.05, 0.1) is 6.61 Å². The van der Waals surface area contributed by atoms with Gasteiger partial charge in [0.2, 0.25) is 0 Å². The van der Waals surface area contributed by atoms with Crippen molar-refractivity contribution in [2.45, 2.75) is 77.3 Å². The van der Waals surface area contributed by atoms with Crippen molar-refractivity contribution in [1.29, 1.82) is 0 Å². The van der Waals surface area contributed by atoms with Crippen LogP contribution in [0.1, 0.15) is 65.7 Å². The summed E-state index contributed by atoms with van der Waals surface area (Å²) in [7, 11) is 0. The Labute approximate surface area is 119 Å². The molecule has 0 saturated carbocycles. The van der Waals surface area contributed by atoms with Gasteiger partial charge < -0.3 is 10.4 Å². The minimum absolute atomic E-state index is 0.250. The van der Waals surface area contributed by atoms with Gasteiger partial charge >= 0.3 is 0 Å². The van der Waals surface area contributed by atoms with Crippen molar-refractivity contribution in [2.24, 2.45) is 0 Å². The zero-order valence-corrected chi connectivity index (χ0v) is 13.2. The minimum atomic E-state index is 0.250. The minimum Gasteiger partial charge on any atom is -0.395 e. The van der Waals surface area contributed by atoms with E-state index < -0.39 is 0 Å². The van der Waals surface area contributed by atoms with Crippen LogP contribution in [0.3, 0.4) is 0 Å². The molecule has 1 heterocycles. The molecular weight excluding hydrogens is 236 g/mol. The third-order valence-corrected chi connectivity index (χ3v) is 4.58. The Morgan fingerprint density at radius 2 is 1.74 bits per heavy atom. The number of hydrogen-bond acceptors (Lipinski definition) is 3. The maximum Gasteiger partial charge on any atom is 0.0556 e. The number of aliphatic hydroxyl groups is 1. The molecule has 0 aromatic carbocycles. The van der Waals surface area contributed by atoms with E-state index in [1.165, 1.54) is 44.9 Å². The lowest BCUT2D eigenvalue weighted by Gasteiger charge is -2.51. The molecule has 114 valence electrons. The normalized spacial score (nSPS) is 20.2. The Morgan fingerprint density at radius 3 is 2.32 bits per heavy atom. The molecule has 1 saturated heterocycles. The standard InChI is InChI=1S/C16H34N2O/c1-4-6-8-10-16(3,9-7-5-2)18-13-15(14-18)17-11-12-19/h15,17,19H,4-14H2,1-3H3. The predicted octanol–water partition coefficient (Wildman–Crippen LogP) is 2.78. The third-order valence-electron chi connectivity index (χ3n) is 4.58. The highest BCUT2D eigenvalue weighted by Gasteiger charge is 2.38. The van der Waals surface area contributed by atoms with Crippen LogP contribution in [0.25, 0.3) is 0 Å². The molecule has 0 aromatic rings. The van der Waals surface area contributed by atoms with Crippen molar-refractivity contribution in [1.82, 2.24) is 10.2 Å². The molecule has 3 heteroatoms. The summed E-state index contributed by atoms with van der Waals surface area (Å²) in [4.78, 5) is 2.66. The summed E-state index contributed by atoms with van der Waals surface area (Å²) in [5, 5.41) is 12.2. The van der Waals surface area contributed by atoms with Gasteiger partial charge in [-0.3, -0.25) is 4.90 Å². The highest BCUT2D eigenvalue weighted by molar-refractivity contribution is 4.97. The molecular formula is C16H34N2O. The van der Waals surface area contributed by atoms with Crippen molar-refractivity contribution in [3.63, 3.8) is 0 Å². The number of unbranched alkanes of at least 4 members (excludes halogenated alkanes) is 3. The van der Waals surface area contributed by atoms with Gasteiger partial charge in [0, 0.05) is 31.2 Å². The van der Waals surface area contributed by atoms with Crippen LogP contribution in [-0.2, 0) is 0 Å². The summed E-state index contributed by atoms with van der Waals surface area (Å²) < 4.78 is 0. The van der Waals surface area contributed by atoms with Gasteiger partial charge in [0.25, 0.3) is 0 Å². The molecule has 19 heavy (non-hydrogen) atoms. The smallest absolute Gasteiger partial charge is 0.0556 e. The number of nitrogens with zero attached hydrogens (tertiary/aromatic N) is 1. The van der Waals surface area contributed by atoms with E-state index in [2.05, 4.69) is 31.0 Å². The van der Waals surface area contributed by atoms with E-state index in [0.29, 0.717) is 11.6 Å². The molecule has 0 bridgehead atoms. The van der Waals surface area contributed by atoms with Crippen LogP contribution in [0.15, 0.2) is 0 Å². The first-order valence-electron chi connectivity index (χ1n) is 8.25. The monoisotopic (exact) mass is 270 g/mol. The fraction of sp³-hybridized carbons (Fsp3) is 1.00. The fourth-order valence-corrected chi connectivity index (χ4v) is 3.07. The maximum absolute atomic E-state index is 8.84. The van der Waals surface area contributed by atoms with Crippen molar-refractivity contribution in [3.8, 4) is 0 Å². The summed E-state index contributed by atoms with van der Waals surface area (Å²) in [6.45, 7) is 10.3. The zero-order chi connectivity index (χ0) is 14.1. The Balaban J connectivity index is 2.37. The molecule has 2 N–H and O–H groups in total. The average molecular weight is 270 g/mol.